The summed E-state index contributed by atoms with van der Waals surface area (Å²) < 4.78 is 140. The van der Waals surface area contributed by atoms with Crippen molar-refractivity contribution in [3.8, 4) is 33.8 Å². The molecule has 0 bridgehead atoms. The zero-order valence-electron chi connectivity index (χ0n) is 29.5. The van der Waals surface area contributed by atoms with Crippen LogP contribution in [0.5, 0.6) is 11.5 Å². The van der Waals surface area contributed by atoms with E-state index >= 15 is 0 Å². The Morgan fingerprint density at radius 2 is 1.02 bits per heavy atom. The second-order valence-electron chi connectivity index (χ2n) is 12.2. The first kappa shape index (κ1) is 43.5. The van der Waals surface area contributed by atoms with Crippen LogP contribution in [0.1, 0.15) is 24.0 Å². The number of carboxylic acid groups (broad SMARTS) is 2. The molecule has 1 aliphatic heterocycles. The van der Waals surface area contributed by atoms with Crippen LogP contribution in [0.15, 0.2) is 94.7 Å². The highest BCUT2D eigenvalue weighted by molar-refractivity contribution is 7.89. The Kier molecular flexibility index (Phi) is 13.5. The van der Waals surface area contributed by atoms with Crippen LogP contribution in [-0.2, 0) is 42.0 Å². The number of alkyl halides is 6. The molecule has 1 aliphatic rings. The van der Waals surface area contributed by atoms with Crippen molar-refractivity contribution in [3.63, 3.8) is 0 Å². The van der Waals surface area contributed by atoms with Crippen molar-refractivity contribution in [1.29, 1.82) is 0 Å². The molecule has 302 valence electrons. The van der Waals surface area contributed by atoms with Gasteiger partial charge in [0.05, 0.1) is 20.9 Å². The lowest BCUT2D eigenvalue weighted by atomic mass is 10.0. The van der Waals surface area contributed by atoms with Crippen molar-refractivity contribution in [3.05, 3.63) is 96.1 Å². The van der Waals surface area contributed by atoms with Crippen LogP contribution in [0.25, 0.3) is 22.3 Å². The van der Waals surface area contributed by atoms with Gasteiger partial charge in [-0.05, 0) is 84.6 Å². The number of nitrogens with zero attached hydrogens (tertiary/aromatic N) is 2. The van der Waals surface area contributed by atoms with Crippen LogP contribution >= 0.6 is 0 Å². The standard InChI is InChI=1S/C19H18F3NO5S.C17H16F3NO5S/c20-19(21,22)14-5-8-17(28-12-18(24)25)16(11-14)13-3-6-15(7-4-13)29(26,27)23-9-1-2-10-23;1-21(2)27(24,25)13-6-3-11(4-7-13)14-9-12(17(18,19)20)5-8-15(14)26-10-16(22)23/h3-8,11H,1-2,9-10,12H2,(H,24,25);3-9H,10H2,1-2H3,(H,22,23). The second kappa shape index (κ2) is 17.3. The van der Waals surface area contributed by atoms with Crippen molar-refractivity contribution in [2.75, 3.05) is 40.4 Å². The molecule has 0 unspecified atom stereocenters. The van der Waals surface area contributed by atoms with Gasteiger partial charge < -0.3 is 19.7 Å². The Balaban J connectivity index is 0.000000249. The third kappa shape index (κ3) is 10.8. The van der Waals surface area contributed by atoms with E-state index in [1.165, 1.54) is 66.9 Å². The summed E-state index contributed by atoms with van der Waals surface area (Å²) in [6, 6.07) is 15.9. The van der Waals surface area contributed by atoms with Crippen LogP contribution in [0, 0.1) is 0 Å². The average Bonchev–Trinajstić information content (AvgIpc) is 3.69. The molecular formula is C36H34F6N2O10S2. The predicted molar refractivity (Wildman–Crippen MR) is 189 cm³/mol. The minimum absolute atomic E-state index is 0.000115. The molecule has 1 fully saturated rings. The first-order valence-electron chi connectivity index (χ1n) is 16.3. The third-order valence-electron chi connectivity index (χ3n) is 8.13. The molecule has 0 spiro atoms. The molecule has 5 rings (SSSR count). The lowest BCUT2D eigenvalue weighted by Crippen LogP contribution is -2.27. The molecule has 1 heterocycles. The molecule has 0 aromatic heterocycles. The molecule has 0 amide bonds. The van der Waals surface area contributed by atoms with E-state index in [1.807, 2.05) is 0 Å². The largest absolute Gasteiger partial charge is 0.481 e. The highest BCUT2D eigenvalue weighted by Crippen LogP contribution is 2.39. The molecule has 0 radical (unpaired) electrons. The van der Waals surface area contributed by atoms with Crippen molar-refractivity contribution in [1.82, 2.24) is 8.61 Å². The maximum absolute atomic E-state index is 13.1. The molecule has 0 aliphatic carbocycles. The van der Waals surface area contributed by atoms with Crippen molar-refractivity contribution in [2.45, 2.75) is 35.0 Å². The van der Waals surface area contributed by atoms with E-state index in [-0.39, 0.29) is 43.5 Å². The maximum Gasteiger partial charge on any atom is 0.416 e. The maximum atomic E-state index is 13.1. The van der Waals surface area contributed by atoms with Gasteiger partial charge in [-0.25, -0.2) is 30.7 Å². The summed E-state index contributed by atoms with van der Waals surface area (Å²) in [5.74, 6) is -2.67. The molecule has 12 nitrogen and oxygen atoms in total. The molecular weight excluding hydrogens is 799 g/mol. The number of benzene rings is 4. The fourth-order valence-electron chi connectivity index (χ4n) is 5.30. The number of aliphatic carboxylic acids is 2. The Labute approximate surface area is 317 Å². The molecule has 20 heteroatoms. The monoisotopic (exact) mass is 832 g/mol. The third-order valence-corrected chi connectivity index (χ3v) is 11.9. The summed E-state index contributed by atoms with van der Waals surface area (Å²) in [6.07, 6.45) is -7.63. The van der Waals surface area contributed by atoms with Gasteiger partial charge in [-0.15, -0.1) is 0 Å². The number of sulfonamides is 2. The molecule has 2 N–H and O–H groups in total. The highest BCUT2D eigenvalue weighted by atomic mass is 32.2. The minimum atomic E-state index is -4.60. The van der Waals surface area contributed by atoms with E-state index in [0.29, 0.717) is 13.1 Å². The average molecular weight is 833 g/mol. The molecule has 0 saturated carbocycles. The van der Waals surface area contributed by atoms with Gasteiger partial charge in [0.2, 0.25) is 20.0 Å². The predicted octanol–water partition coefficient (Wildman–Crippen LogP) is 6.71. The van der Waals surface area contributed by atoms with Gasteiger partial charge in [-0.2, -0.15) is 30.6 Å². The fourth-order valence-corrected chi connectivity index (χ4v) is 7.71. The SMILES string of the molecule is CN(C)S(=O)(=O)c1ccc(-c2cc(C(F)(F)F)ccc2OCC(=O)O)cc1.O=C(O)COc1ccc(C(F)(F)F)cc1-c1ccc(S(=O)(=O)N2CCCC2)cc1. The van der Waals surface area contributed by atoms with Crippen LogP contribution in [0.4, 0.5) is 26.3 Å². The second-order valence-corrected chi connectivity index (χ2v) is 16.3. The van der Waals surface area contributed by atoms with E-state index in [0.717, 1.165) is 53.5 Å². The van der Waals surface area contributed by atoms with E-state index in [4.69, 9.17) is 19.7 Å². The van der Waals surface area contributed by atoms with Gasteiger partial charge in [0, 0.05) is 38.3 Å². The summed E-state index contributed by atoms with van der Waals surface area (Å²) in [6.45, 7) is -0.582. The summed E-state index contributed by atoms with van der Waals surface area (Å²) in [7, 11) is -4.64. The summed E-state index contributed by atoms with van der Waals surface area (Å²) >= 11 is 0. The lowest BCUT2D eigenvalue weighted by Gasteiger charge is -2.17. The van der Waals surface area contributed by atoms with Crippen molar-refractivity contribution < 1.29 is 72.5 Å². The zero-order chi connectivity index (χ0) is 41.6. The summed E-state index contributed by atoms with van der Waals surface area (Å²) in [5, 5.41) is 17.5. The van der Waals surface area contributed by atoms with Gasteiger partial charge in [-0.1, -0.05) is 24.3 Å². The molecule has 4 aromatic carbocycles. The lowest BCUT2D eigenvalue weighted by molar-refractivity contribution is -0.140. The Bertz CT molecular complexity index is 2260. The van der Waals surface area contributed by atoms with Crippen molar-refractivity contribution >= 4 is 32.0 Å². The van der Waals surface area contributed by atoms with Gasteiger partial charge in [0.15, 0.2) is 13.2 Å². The highest BCUT2D eigenvalue weighted by Gasteiger charge is 2.33. The molecule has 4 aromatic rings. The molecule has 56 heavy (non-hydrogen) atoms. The van der Waals surface area contributed by atoms with Crippen molar-refractivity contribution in [2.24, 2.45) is 0 Å². The normalized spacial score (nSPS) is 13.9. The van der Waals surface area contributed by atoms with Crippen LogP contribution in [0.2, 0.25) is 0 Å². The fraction of sp³-hybridized carbons (Fsp3) is 0.278. The molecule has 1 saturated heterocycles. The Morgan fingerprint density at radius 3 is 1.36 bits per heavy atom. The molecule has 0 atom stereocenters. The number of hydrogen-bond donors (Lipinski definition) is 2. The van der Waals surface area contributed by atoms with Gasteiger partial charge >= 0.3 is 24.3 Å². The smallest absolute Gasteiger partial charge is 0.416 e. The number of rotatable bonds is 12. The Morgan fingerprint density at radius 1 is 0.643 bits per heavy atom. The Hall–Kier alpha value is -5.18. The number of halogens is 6. The number of hydrogen-bond acceptors (Lipinski definition) is 8. The van der Waals surface area contributed by atoms with E-state index in [2.05, 4.69) is 0 Å². The van der Waals surface area contributed by atoms with Crippen LogP contribution < -0.4 is 9.47 Å². The summed E-state index contributed by atoms with van der Waals surface area (Å²) in [5.41, 5.74) is -1.32. The van der Waals surface area contributed by atoms with E-state index < -0.39 is 68.7 Å². The zero-order valence-corrected chi connectivity index (χ0v) is 31.1. The number of carboxylic acids is 2. The van der Waals surface area contributed by atoms with Gasteiger partial charge in [0.1, 0.15) is 11.5 Å². The quantitative estimate of drug-likeness (QED) is 0.147. The van der Waals surface area contributed by atoms with Crippen LogP contribution in [-0.4, -0.2) is 88.0 Å². The summed E-state index contributed by atoms with van der Waals surface area (Å²) in [4.78, 5) is 21.5. The van der Waals surface area contributed by atoms with Gasteiger partial charge in [-0.3, -0.25) is 0 Å². The van der Waals surface area contributed by atoms with Crippen LogP contribution in [0.3, 0.4) is 0 Å². The number of ether oxygens (including phenoxy) is 2. The number of carbonyl (C=O) groups is 2. The van der Waals surface area contributed by atoms with Gasteiger partial charge in [0.25, 0.3) is 0 Å². The topological polar surface area (TPSA) is 168 Å². The van der Waals surface area contributed by atoms with E-state index in [9.17, 15) is 52.8 Å². The minimum Gasteiger partial charge on any atom is -0.481 e. The first-order chi connectivity index (χ1) is 26.0. The first-order valence-corrected chi connectivity index (χ1v) is 19.1. The van der Waals surface area contributed by atoms with E-state index in [1.54, 1.807) is 0 Å².